The first-order valence-corrected chi connectivity index (χ1v) is 8.31. The zero-order valence-corrected chi connectivity index (χ0v) is 12.8. The van der Waals surface area contributed by atoms with Gasteiger partial charge >= 0.3 is 0 Å². The summed E-state index contributed by atoms with van der Waals surface area (Å²) in [4.78, 5) is 2.52. The van der Waals surface area contributed by atoms with E-state index < -0.39 is 0 Å². The minimum absolute atomic E-state index is 0.387. The Bertz CT molecular complexity index is 263. The highest BCUT2D eigenvalue weighted by Crippen LogP contribution is 2.30. The van der Waals surface area contributed by atoms with E-state index in [-0.39, 0.29) is 5.60 Å². The normalized spacial score (nSPS) is 30.2. The van der Waals surface area contributed by atoms with Crippen molar-refractivity contribution in [3.05, 3.63) is 0 Å². The number of hydrogen-bond donors (Lipinski definition) is 2. The molecule has 1 saturated carbocycles. The smallest absolute Gasteiger partial charge is 0.0774 e. The summed E-state index contributed by atoms with van der Waals surface area (Å²) >= 11 is 0. The topological polar surface area (TPSA) is 35.5 Å². The van der Waals surface area contributed by atoms with Crippen LogP contribution in [0.2, 0.25) is 0 Å². The second-order valence-corrected chi connectivity index (χ2v) is 6.77. The number of likely N-dealkylation sites (tertiary alicyclic amines) is 1. The van der Waals surface area contributed by atoms with Gasteiger partial charge in [0.2, 0.25) is 0 Å². The van der Waals surface area contributed by atoms with Crippen LogP contribution in [0.25, 0.3) is 0 Å². The molecule has 0 aromatic carbocycles. The molecule has 19 heavy (non-hydrogen) atoms. The van der Waals surface area contributed by atoms with Gasteiger partial charge in [0, 0.05) is 19.1 Å². The Morgan fingerprint density at radius 3 is 2.68 bits per heavy atom. The average molecular weight is 268 g/mol. The van der Waals surface area contributed by atoms with E-state index in [1.807, 2.05) is 0 Å². The monoisotopic (exact) mass is 268 g/mol. The summed E-state index contributed by atoms with van der Waals surface area (Å²) in [7, 11) is 0. The van der Waals surface area contributed by atoms with Crippen LogP contribution in [0.15, 0.2) is 0 Å². The van der Waals surface area contributed by atoms with Crippen LogP contribution in [0, 0.1) is 5.92 Å². The van der Waals surface area contributed by atoms with Crippen LogP contribution in [0.5, 0.6) is 0 Å². The van der Waals surface area contributed by atoms with E-state index in [9.17, 15) is 5.11 Å². The largest absolute Gasteiger partial charge is 0.389 e. The van der Waals surface area contributed by atoms with Crippen molar-refractivity contribution in [2.45, 2.75) is 70.4 Å². The molecule has 0 spiro atoms. The number of hydrogen-bond acceptors (Lipinski definition) is 3. The van der Waals surface area contributed by atoms with E-state index in [4.69, 9.17) is 0 Å². The summed E-state index contributed by atoms with van der Waals surface area (Å²) in [6, 6.07) is 0.605. The molecule has 1 saturated heterocycles. The van der Waals surface area contributed by atoms with E-state index in [0.29, 0.717) is 6.04 Å². The number of nitrogens with zero attached hydrogens (tertiary/aromatic N) is 1. The molecule has 3 nitrogen and oxygen atoms in total. The molecular weight excluding hydrogens is 236 g/mol. The quantitative estimate of drug-likeness (QED) is 0.803. The molecule has 2 unspecified atom stereocenters. The van der Waals surface area contributed by atoms with Crippen LogP contribution in [0.1, 0.15) is 58.8 Å². The van der Waals surface area contributed by atoms with Crippen LogP contribution >= 0.6 is 0 Å². The Morgan fingerprint density at radius 1 is 1.26 bits per heavy atom. The molecule has 0 aromatic heterocycles. The zero-order valence-electron chi connectivity index (χ0n) is 12.8. The van der Waals surface area contributed by atoms with Gasteiger partial charge in [-0.1, -0.05) is 26.2 Å². The molecule has 2 N–H and O–H groups in total. The van der Waals surface area contributed by atoms with Crippen molar-refractivity contribution >= 4 is 0 Å². The summed E-state index contributed by atoms with van der Waals surface area (Å²) in [6.45, 7) is 8.80. The average Bonchev–Trinajstić information content (AvgIpc) is 2.39. The summed E-state index contributed by atoms with van der Waals surface area (Å²) in [5.74, 6) is 0.751. The van der Waals surface area contributed by atoms with Crippen LogP contribution in [-0.2, 0) is 0 Å². The molecule has 0 amide bonds. The van der Waals surface area contributed by atoms with E-state index in [0.717, 1.165) is 38.4 Å². The lowest BCUT2D eigenvalue weighted by Crippen LogP contribution is -2.50. The van der Waals surface area contributed by atoms with Gasteiger partial charge in [-0.05, 0) is 51.6 Å². The zero-order chi connectivity index (χ0) is 13.7. The van der Waals surface area contributed by atoms with Crippen molar-refractivity contribution < 1.29 is 5.11 Å². The standard InChI is InChI=1S/C16H32N2O/c1-3-17-14(2)15-8-7-11-18(12-15)13-16(19)9-5-4-6-10-16/h14-15,17,19H,3-13H2,1-2H3. The molecular formula is C16H32N2O. The predicted molar refractivity (Wildman–Crippen MR) is 80.3 cm³/mol. The van der Waals surface area contributed by atoms with Crippen LogP contribution in [0.3, 0.4) is 0 Å². The van der Waals surface area contributed by atoms with Crippen molar-refractivity contribution in [3.8, 4) is 0 Å². The van der Waals surface area contributed by atoms with Crippen LogP contribution in [0.4, 0.5) is 0 Å². The van der Waals surface area contributed by atoms with Gasteiger partial charge in [-0.25, -0.2) is 0 Å². The summed E-state index contributed by atoms with van der Waals surface area (Å²) in [6.07, 6.45) is 8.37. The second-order valence-electron chi connectivity index (χ2n) is 6.77. The van der Waals surface area contributed by atoms with E-state index in [2.05, 4.69) is 24.1 Å². The molecule has 2 rings (SSSR count). The molecule has 1 aliphatic heterocycles. The minimum atomic E-state index is -0.387. The fraction of sp³-hybridized carbons (Fsp3) is 1.00. The van der Waals surface area contributed by atoms with E-state index >= 15 is 0 Å². The molecule has 0 radical (unpaired) electrons. The van der Waals surface area contributed by atoms with Gasteiger partial charge in [0.1, 0.15) is 0 Å². The van der Waals surface area contributed by atoms with Gasteiger partial charge in [-0.2, -0.15) is 0 Å². The molecule has 1 aliphatic carbocycles. The fourth-order valence-electron chi connectivity index (χ4n) is 3.92. The van der Waals surface area contributed by atoms with Crippen LogP contribution in [-0.4, -0.2) is 47.8 Å². The van der Waals surface area contributed by atoms with Crippen molar-refractivity contribution in [1.29, 1.82) is 0 Å². The molecule has 2 fully saturated rings. The number of rotatable bonds is 5. The van der Waals surface area contributed by atoms with E-state index in [1.54, 1.807) is 0 Å². The van der Waals surface area contributed by atoms with Crippen LogP contribution < -0.4 is 5.32 Å². The summed E-state index contributed by atoms with van der Waals surface area (Å²) in [5, 5.41) is 14.3. The first-order valence-electron chi connectivity index (χ1n) is 8.31. The Balaban J connectivity index is 1.83. The number of piperidine rings is 1. The predicted octanol–water partition coefficient (Wildman–Crippen LogP) is 2.39. The first-order chi connectivity index (χ1) is 9.13. The Morgan fingerprint density at radius 2 is 2.00 bits per heavy atom. The van der Waals surface area contributed by atoms with Crippen molar-refractivity contribution in [2.24, 2.45) is 5.92 Å². The number of β-amino-alcohol motifs (C(OH)–C–C–N with tert-alkyl or cyclic N) is 1. The third kappa shape index (κ3) is 4.44. The highest BCUT2D eigenvalue weighted by Gasteiger charge is 2.33. The van der Waals surface area contributed by atoms with Gasteiger partial charge in [-0.3, -0.25) is 0 Å². The molecule has 2 aliphatic rings. The molecule has 2 atom stereocenters. The molecule has 1 heterocycles. The number of nitrogens with one attached hydrogen (secondary N) is 1. The third-order valence-electron chi connectivity index (χ3n) is 5.08. The maximum atomic E-state index is 10.7. The minimum Gasteiger partial charge on any atom is -0.389 e. The molecule has 0 aromatic rings. The van der Waals surface area contributed by atoms with Gasteiger partial charge in [0.15, 0.2) is 0 Å². The highest BCUT2D eigenvalue weighted by atomic mass is 16.3. The lowest BCUT2D eigenvalue weighted by atomic mass is 9.83. The fourth-order valence-corrected chi connectivity index (χ4v) is 3.92. The second kappa shape index (κ2) is 7.05. The molecule has 112 valence electrons. The SMILES string of the molecule is CCNC(C)C1CCCN(CC2(O)CCCCC2)C1. The lowest BCUT2D eigenvalue weighted by Gasteiger charge is -2.41. The summed E-state index contributed by atoms with van der Waals surface area (Å²) < 4.78 is 0. The maximum absolute atomic E-state index is 10.7. The van der Waals surface area contributed by atoms with Gasteiger partial charge < -0.3 is 15.3 Å². The Hall–Kier alpha value is -0.120. The van der Waals surface area contributed by atoms with E-state index in [1.165, 1.54) is 38.6 Å². The highest BCUT2D eigenvalue weighted by molar-refractivity contribution is 4.88. The molecule has 3 heteroatoms. The Kier molecular flexibility index (Phi) is 5.67. The van der Waals surface area contributed by atoms with Crippen molar-refractivity contribution in [1.82, 2.24) is 10.2 Å². The third-order valence-corrected chi connectivity index (χ3v) is 5.08. The van der Waals surface area contributed by atoms with Crippen molar-refractivity contribution in [3.63, 3.8) is 0 Å². The number of aliphatic hydroxyl groups is 1. The Labute approximate surface area is 118 Å². The first kappa shape index (κ1) is 15.3. The van der Waals surface area contributed by atoms with Gasteiger partial charge in [0.05, 0.1) is 5.60 Å². The maximum Gasteiger partial charge on any atom is 0.0774 e. The van der Waals surface area contributed by atoms with Crippen molar-refractivity contribution in [2.75, 3.05) is 26.2 Å². The van der Waals surface area contributed by atoms with Gasteiger partial charge in [0.25, 0.3) is 0 Å². The summed E-state index contributed by atoms with van der Waals surface area (Å²) in [5.41, 5.74) is -0.387. The van der Waals surface area contributed by atoms with Gasteiger partial charge in [-0.15, -0.1) is 0 Å². The molecule has 0 bridgehead atoms. The lowest BCUT2D eigenvalue weighted by molar-refractivity contribution is -0.0358.